The number of para-hydroxylation sites is 1. The number of carbonyl (C=O) groups excluding carboxylic acids is 1. The number of sulfonamides is 1. The number of ether oxygens (including phenoxy) is 1. The largest absolute Gasteiger partial charge is 0.489 e. The van der Waals surface area contributed by atoms with Crippen LogP contribution < -0.4 is 14.4 Å². The van der Waals surface area contributed by atoms with Crippen LogP contribution in [0, 0.1) is 0 Å². The number of anilines is 2. The highest BCUT2D eigenvalue weighted by Gasteiger charge is 2.29. The first kappa shape index (κ1) is 21.4. The van der Waals surface area contributed by atoms with Crippen molar-refractivity contribution in [3.8, 4) is 5.75 Å². The van der Waals surface area contributed by atoms with Crippen LogP contribution in [0.3, 0.4) is 0 Å². The van der Waals surface area contributed by atoms with Crippen LogP contribution in [0.5, 0.6) is 5.75 Å². The summed E-state index contributed by atoms with van der Waals surface area (Å²) in [5.74, 6) is 0.245. The Balaban J connectivity index is 1.65. The Kier molecular flexibility index (Phi) is 6.74. The number of hydrogen-bond acceptors (Lipinski definition) is 4. The van der Waals surface area contributed by atoms with Gasteiger partial charge in [-0.15, -0.1) is 0 Å². The lowest BCUT2D eigenvalue weighted by atomic mass is 10.2. The summed E-state index contributed by atoms with van der Waals surface area (Å²) in [5, 5.41) is 2.76. The van der Waals surface area contributed by atoms with Gasteiger partial charge in [0.05, 0.1) is 11.9 Å². The highest BCUT2D eigenvalue weighted by Crippen LogP contribution is 2.22. The second-order valence-corrected chi connectivity index (χ2v) is 8.72. The van der Waals surface area contributed by atoms with Crippen molar-refractivity contribution in [1.29, 1.82) is 0 Å². The van der Waals surface area contributed by atoms with Gasteiger partial charge in [0, 0.05) is 5.69 Å². The predicted octanol–water partition coefficient (Wildman–Crippen LogP) is 4.06. The maximum Gasteiger partial charge on any atom is 0.247 e. The molecule has 0 aliphatic rings. The molecule has 0 saturated heterocycles. The topological polar surface area (TPSA) is 75.7 Å². The molecule has 0 aliphatic carbocycles. The molecule has 0 saturated carbocycles. The van der Waals surface area contributed by atoms with Crippen molar-refractivity contribution in [2.45, 2.75) is 19.6 Å². The van der Waals surface area contributed by atoms with E-state index in [1.165, 1.54) is 0 Å². The fourth-order valence-corrected chi connectivity index (χ4v) is 4.18. The molecule has 1 atom stereocenters. The normalized spacial score (nSPS) is 12.1. The van der Waals surface area contributed by atoms with Gasteiger partial charge in [0.1, 0.15) is 18.4 Å². The van der Waals surface area contributed by atoms with E-state index in [0.29, 0.717) is 23.7 Å². The molecule has 0 spiro atoms. The second kappa shape index (κ2) is 9.45. The lowest BCUT2D eigenvalue weighted by Crippen LogP contribution is -2.45. The van der Waals surface area contributed by atoms with Crippen molar-refractivity contribution in [3.63, 3.8) is 0 Å². The van der Waals surface area contributed by atoms with Crippen LogP contribution in [0.25, 0.3) is 0 Å². The lowest BCUT2D eigenvalue weighted by Gasteiger charge is -2.28. The van der Waals surface area contributed by atoms with Crippen LogP contribution in [0.15, 0.2) is 84.9 Å². The van der Waals surface area contributed by atoms with Gasteiger partial charge in [0.25, 0.3) is 0 Å². The van der Waals surface area contributed by atoms with Gasteiger partial charge in [0.15, 0.2) is 0 Å². The molecule has 6 nitrogen and oxygen atoms in total. The van der Waals surface area contributed by atoms with Gasteiger partial charge >= 0.3 is 0 Å². The standard InChI is InChI=1S/C23H24N2O4S/c1-18(25(30(2,27)28)21-11-7-4-8-12-21)23(26)24-20-13-15-22(16-14-20)29-17-19-9-5-3-6-10-19/h3-16,18H,17H2,1-2H3,(H,24,26)/t18-/m0/s1. The number of benzene rings is 3. The summed E-state index contributed by atoms with van der Waals surface area (Å²) >= 11 is 0. The van der Waals surface area contributed by atoms with Gasteiger partial charge in [-0.2, -0.15) is 0 Å². The molecule has 7 heteroatoms. The molecular formula is C23H24N2O4S. The van der Waals surface area contributed by atoms with Crippen molar-refractivity contribution in [1.82, 2.24) is 0 Å². The van der Waals surface area contributed by atoms with Gasteiger partial charge in [-0.05, 0) is 48.9 Å². The molecule has 0 heterocycles. The fraction of sp³-hybridized carbons (Fsp3) is 0.174. The van der Waals surface area contributed by atoms with Crippen LogP contribution in [-0.4, -0.2) is 26.6 Å². The fourth-order valence-electron chi connectivity index (χ4n) is 3.01. The maximum atomic E-state index is 12.7. The Bertz CT molecular complexity index is 1070. The third kappa shape index (κ3) is 5.61. The summed E-state index contributed by atoms with van der Waals surface area (Å²) in [7, 11) is -3.64. The van der Waals surface area contributed by atoms with Gasteiger partial charge < -0.3 is 10.1 Å². The van der Waals surface area contributed by atoms with E-state index in [0.717, 1.165) is 16.1 Å². The van der Waals surface area contributed by atoms with E-state index < -0.39 is 22.0 Å². The van der Waals surface area contributed by atoms with Crippen LogP contribution in [0.2, 0.25) is 0 Å². The van der Waals surface area contributed by atoms with Crippen LogP contribution >= 0.6 is 0 Å². The Labute approximate surface area is 177 Å². The SMILES string of the molecule is C[C@@H](C(=O)Nc1ccc(OCc2ccccc2)cc1)N(c1ccccc1)S(C)(=O)=O. The smallest absolute Gasteiger partial charge is 0.247 e. The highest BCUT2D eigenvalue weighted by molar-refractivity contribution is 7.92. The van der Waals surface area contributed by atoms with E-state index in [4.69, 9.17) is 4.74 Å². The Morgan fingerprint density at radius 3 is 2.07 bits per heavy atom. The van der Waals surface area contributed by atoms with E-state index in [1.807, 2.05) is 30.3 Å². The molecule has 0 unspecified atom stereocenters. The molecule has 156 valence electrons. The third-order valence-corrected chi connectivity index (χ3v) is 5.71. The molecule has 0 bridgehead atoms. The highest BCUT2D eigenvalue weighted by atomic mass is 32.2. The minimum Gasteiger partial charge on any atom is -0.489 e. The summed E-state index contributed by atoms with van der Waals surface area (Å²) in [5.41, 5.74) is 2.05. The van der Waals surface area contributed by atoms with Crippen molar-refractivity contribution in [2.24, 2.45) is 0 Å². The molecule has 1 amide bonds. The molecule has 3 aromatic rings. The number of rotatable bonds is 8. The minimum atomic E-state index is -3.64. The quantitative estimate of drug-likeness (QED) is 0.592. The molecule has 0 radical (unpaired) electrons. The summed E-state index contributed by atoms with van der Waals surface area (Å²) in [6, 6.07) is 24.4. The van der Waals surface area contributed by atoms with Gasteiger partial charge in [-0.25, -0.2) is 8.42 Å². The van der Waals surface area contributed by atoms with E-state index in [2.05, 4.69) is 5.32 Å². The zero-order valence-electron chi connectivity index (χ0n) is 16.9. The number of amides is 1. The van der Waals surface area contributed by atoms with Crippen LogP contribution in [0.1, 0.15) is 12.5 Å². The second-order valence-electron chi connectivity index (χ2n) is 6.86. The molecule has 0 aromatic heterocycles. The summed E-state index contributed by atoms with van der Waals surface area (Å²) in [6.45, 7) is 2.00. The molecule has 30 heavy (non-hydrogen) atoms. The Hall–Kier alpha value is -3.32. The monoisotopic (exact) mass is 424 g/mol. The van der Waals surface area contributed by atoms with Gasteiger partial charge in [-0.1, -0.05) is 48.5 Å². The van der Waals surface area contributed by atoms with Crippen molar-refractivity contribution < 1.29 is 17.9 Å². The van der Waals surface area contributed by atoms with E-state index in [-0.39, 0.29) is 0 Å². The summed E-state index contributed by atoms with van der Waals surface area (Å²) in [6.07, 6.45) is 1.09. The van der Waals surface area contributed by atoms with E-state index in [1.54, 1.807) is 61.5 Å². The first-order chi connectivity index (χ1) is 14.3. The van der Waals surface area contributed by atoms with Crippen molar-refractivity contribution in [2.75, 3.05) is 15.9 Å². The molecule has 3 aromatic carbocycles. The van der Waals surface area contributed by atoms with Crippen LogP contribution in [0.4, 0.5) is 11.4 Å². The van der Waals surface area contributed by atoms with Crippen LogP contribution in [-0.2, 0) is 21.4 Å². The molecule has 1 N–H and O–H groups in total. The number of nitrogens with one attached hydrogen (secondary N) is 1. The predicted molar refractivity (Wildman–Crippen MR) is 119 cm³/mol. The van der Waals surface area contributed by atoms with E-state index in [9.17, 15) is 13.2 Å². The first-order valence-corrected chi connectivity index (χ1v) is 11.3. The summed E-state index contributed by atoms with van der Waals surface area (Å²) < 4.78 is 31.4. The van der Waals surface area contributed by atoms with Gasteiger partial charge in [-0.3, -0.25) is 9.10 Å². The molecule has 0 aliphatic heterocycles. The average Bonchev–Trinajstić information content (AvgIpc) is 2.74. The van der Waals surface area contributed by atoms with E-state index >= 15 is 0 Å². The summed E-state index contributed by atoms with van der Waals surface area (Å²) in [4.78, 5) is 12.7. The van der Waals surface area contributed by atoms with Crippen molar-refractivity contribution in [3.05, 3.63) is 90.5 Å². The van der Waals surface area contributed by atoms with Gasteiger partial charge in [0.2, 0.25) is 15.9 Å². The number of hydrogen-bond donors (Lipinski definition) is 1. The Morgan fingerprint density at radius 1 is 0.933 bits per heavy atom. The average molecular weight is 425 g/mol. The lowest BCUT2D eigenvalue weighted by molar-refractivity contribution is -0.116. The third-order valence-electron chi connectivity index (χ3n) is 4.47. The molecule has 0 fully saturated rings. The number of carbonyl (C=O) groups is 1. The molecule has 3 rings (SSSR count). The number of nitrogens with zero attached hydrogens (tertiary/aromatic N) is 1. The maximum absolute atomic E-state index is 12.7. The first-order valence-electron chi connectivity index (χ1n) is 9.47. The minimum absolute atomic E-state index is 0.428. The zero-order chi connectivity index (χ0) is 21.6. The zero-order valence-corrected chi connectivity index (χ0v) is 17.7. The molecular weight excluding hydrogens is 400 g/mol. The van der Waals surface area contributed by atoms with Crippen molar-refractivity contribution >= 4 is 27.3 Å². The Morgan fingerprint density at radius 2 is 1.50 bits per heavy atom.